The minimum Gasteiger partial charge on any atom is -0.231 e. The van der Waals surface area contributed by atoms with Crippen molar-refractivity contribution in [3.63, 3.8) is 0 Å². The van der Waals surface area contributed by atoms with Crippen molar-refractivity contribution in [3.05, 3.63) is 21.6 Å². The van der Waals surface area contributed by atoms with Crippen molar-refractivity contribution in [2.24, 2.45) is 0 Å². The van der Waals surface area contributed by atoms with E-state index in [0.29, 0.717) is 20.5 Å². The lowest BCUT2D eigenvalue weighted by molar-refractivity contribution is 1.12. The second-order valence-electron chi connectivity index (χ2n) is 2.03. The molecule has 0 fully saturated rings. The van der Waals surface area contributed by atoms with Crippen LogP contribution in [-0.2, 0) is 0 Å². The summed E-state index contributed by atoms with van der Waals surface area (Å²) in [7, 11) is 0. The maximum absolute atomic E-state index is 4.09. The number of hydrogen-bond acceptors (Lipinski definition) is 4. The molecule has 0 aliphatic carbocycles. The highest BCUT2D eigenvalue weighted by molar-refractivity contribution is 9.10. The Bertz CT molecular complexity index is 394. The molecule has 0 N–H and O–H groups in total. The van der Waals surface area contributed by atoms with Crippen LogP contribution in [-0.4, -0.2) is 19.9 Å². The minimum atomic E-state index is 0.527. The second kappa shape index (κ2) is 3.02. The van der Waals surface area contributed by atoms with Crippen LogP contribution < -0.4 is 0 Å². The lowest BCUT2D eigenvalue weighted by atomic mass is 10.6. The van der Waals surface area contributed by atoms with Crippen LogP contribution in [0.25, 0.3) is 11.3 Å². The van der Waals surface area contributed by atoms with Crippen molar-refractivity contribution in [1.82, 2.24) is 19.9 Å². The van der Waals surface area contributed by atoms with E-state index >= 15 is 0 Å². The van der Waals surface area contributed by atoms with Gasteiger partial charge in [-0.1, -0.05) is 0 Å². The fraction of sp³-hybridized carbons (Fsp3) is 0. The maximum Gasteiger partial charge on any atom is 0.199 e. The summed E-state index contributed by atoms with van der Waals surface area (Å²) >= 11 is 6.40. The van der Waals surface area contributed by atoms with Crippen molar-refractivity contribution in [3.8, 4) is 0 Å². The smallest absolute Gasteiger partial charge is 0.199 e. The Balaban J connectivity index is 2.80. The fourth-order valence-electron chi connectivity index (χ4n) is 0.763. The zero-order valence-corrected chi connectivity index (χ0v) is 8.87. The van der Waals surface area contributed by atoms with E-state index in [1.807, 2.05) is 0 Å². The molecule has 6 heteroatoms. The zero-order chi connectivity index (χ0) is 8.55. The van der Waals surface area contributed by atoms with Gasteiger partial charge >= 0.3 is 0 Å². The summed E-state index contributed by atoms with van der Waals surface area (Å²) in [5, 5.41) is 0. The Labute approximate surface area is 84.7 Å². The summed E-state index contributed by atoms with van der Waals surface area (Å²) in [6.07, 6.45) is 3.18. The Hall–Kier alpha value is -0.620. The summed E-state index contributed by atoms with van der Waals surface area (Å²) < 4.78 is 1.31. The van der Waals surface area contributed by atoms with Gasteiger partial charge in [0.2, 0.25) is 0 Å². The van der Waals surface area contributed by atoms with E-state index in [4.69, 9.17) is 0 Å². The molecule has 0 radical (unpaired) electrons. The zero-order valence-electron chi connectivity index (χ0n) is 5.70. The lowest BCUT2D eigenvalue weighted by Gasteiger charge is -1.94. The number of rotatable bonds is 0. The molecule has 0 spiro atoms. The molecule has 0 unspecified atom stereocenters. The number of aromatic nitrogens is 4. The Morgan fingerprint density at radius 1 is 0.833 bits per heavy atom. The number of halogens is 2. The predicted molar refractivity (Wildman–Crippen MR) is 50.5 cm³/mol. The molecule has 2 rings (SSSR count). The summed E-state index contributed by atoms with van der Waals surface area (Å²) in [5.74, 6) is 0. The molecule has 0 atom stereocenters. The highest BCUT2D eigenvalue weighted by atomic mass is 79.9. The van der Waals surface area contributed by atoms with Crippen LogP contribution in [0.5, 0.6) is 0 Å². The third-order valence-electron chi connectivity index (χ3n) is 1.21. The summed E-state index contributed by atoms with van der Waals surface area (Å²) in [6.45, 7) is 0. The van der Waals surface area contributed by atoms with E-state index in [2.05, 4.69) is 51.8 Å². The number of fused-ring (bicyclic) bond motifs is 1. The van der Waals surface area contributed by atoms with E-state index in [1.165, 1.54) is 0 Å². The topological polar surface area (TPSA) is 51.6 Å². The van der Waals surface area contributed by atoms with E-state index < -0.39 is 0 Å². The van der Waals surface area contributed by atoms with Gasteiger partial charge in [0.1, 0.15) is 9.21 Å². The molecule has 0 aliphatic heterocycles. The summed E-state index contributed by atoms with van der Waals surface area (Å²) in [6, 6.07) is 0. The molecule has 2 aromatic rings. The Kier molecular flexibility index (Phi) is 2.02. The van der Waals surface area contributed by atoms with Gasteiger partial charge in [-0.25, -0.2) is 19.9 Å². The molecule has 0 saturated heterocycles. The second-order valence-corrected chi connectivity index (χ2v) is 3.66. The predicted octanol–water partition coefficient (Wildman–Crippen LogP) is 1.94. The van der Waals surface area contributed by atoms with Gasteiger partial charge in [-0.15, -0.1) is 0 Å². The van der Waals surface area contributed by atoms with E-state index in [-0.39, 0.29) is 0 Å². The average Bonchev–Trinajstić information content (AvgIpc) is 2.03. The van der Waals surface area contributed by atoms with Gasteiger partial charge < -0.3 is 0 Å². The van der Waals surface area contributed by atoms with Crippen molar-refractivity contribution in [2.75, 3.05) is 0 Å². The SMILES string of the molecule is Brc1cnc2ncc(Br)nc2n1. The lowest BCUT2D eigenvalue weighted by Crippen LogP contribution is -1.91. The molecular weight excluding hydrogens is 288 g/mol. The maximum atomic E-state index is 4.09. The summed E-state index contributed by atoms with van der Waals surface area (Å²) in [5.41, 5.74) is 1.07. The molecule has 2 aromatic heterocycles. The van der Waals surface area contributed by atoms with E-state index in [9.17, 15) is 0 Å². The number of hydrogen-bond donors (Lipinski definition) is 0. The van der Waals surface area contributed by atoms with Crippen molar-refractivity contribution in [1.29, 1.82) is 0 Å². The first-order chi connectivity index (χ1) is 5.75. The van der Waals surface area contributed by atoms with Crippen molar-refractivity contribution >= 4 is 43.2 Å². The minimum absolute atomic E-state index is 0.527. The monoisotopic (exact) mass is 288 g/mol. The first kappa shape index (κ1) is 8.00. The largest absolute Gasteiger partial charge is 0.231 e. The van der Waals surface area contributed by atoms with Crippen LogP contribution in [0.1, 0.15) is 0 Å². The van der Waals surface area contributed by atoms with Crippen LogP contribution >= 0.6 is 31.9 Å². The van der Waals surface area contributed by atoms with Crippen LogP contribution in [0.4, 0.5) is 0 Å². The molecule has 0 saturated carbocycles. The van der Waals surface area contributed by atoms with Crippen molar-refractivity contribution < 1.29 is 0 Å². The standard InChI is InChI=1S/C6H2Br2N4/c7-3-1-9-5-6(11-3)12-4(8)2-10-5/h1-2H. The molecule has 60 valence electrons. The van der Waals surface area contributed by atoms with Crippen LogP contribution in [0.2, 0.25) is 0 Å². The summed E-state index contributed by atoms with van der Waals surface area (Å²) in [4.78, 5) is 16.2. The van der Waals surface area contributed by atoms with Gasteiger partial charge in [-0.05, 0) is 31.9 Å². The molecule has 0 amide bonds. The van der Waals surface area contributed by atoms with Crippen LogP contribution in [0.15, 0.2) is 21.6 Å². The molecule has 12 heavy (non-hydrogen) atoms. The number of nitrogens with zero attached hydrogens (tertiary/aromatic N) is 4. The van der Waals surface area contributed by atoms with E-state index in [0.717, 1.165) is 0 Å². The molecule has 0 aliphatic rings. The van der Waals surface area contributed by atoms with Crippen LogP contribution in [0, 0.1) is 0 Å². The fourth-order valence-corrected chi connectivity index (χ4v) is 1.30. The Morgan fingerprint density at radius 2 is 1.33 bits per heavy atom. The normalized spacial score (nSPS) is 10.5. The molecule has 2 heterocycles. The van der Waals surface area contributed by atoms with Gasteiger partial charge in [-0.2, -0.15) is 0 Å². The molecule has 4 nitrogen and oxygen atoms in total. The third-order valence-corrected chi connectivity index (χ3v) is 1.98. The molecular formula is C6H2Br2N4. The third kappa shape index (κ3) is 1.44. The van der Waals surface area contributed by atoms with Gasteiger partial charge in [0.15, 0.2) is 11.3 Å². The van der Waals surface area contributed by atoms with Crippen LogP contribution in [0.3, 0.4) is 0 Å². The van der Waals surface area contributed by atoms with Gasteiger partial charge in [0, 0.05) is 0 Å². The first-order valence-corrected chi connectivity index (χ1v) is 4.65. The van der Waals surface area contributed by atoms with E-state index in [1.54, 1.807) is 12.4 Å². The quantitative estimate of drug-likeness (QED) is 0.744. The highest BCUT2D eigenvalue weighted by Gasteiger charge is 2.00. The van der Waals surface area contributed by atoms with Gasteiger partial charge in [0.05, 0.1) is 12.4 Å². The molecule has 0 aromatic carbocycles. The molecule has 0 bridgehead atoms. The average molecular weight is 290 g/mol. The van der Waals surface area contributed by atoms with Crippen molar-refractivity contribution in [2.45, 2.75) is 0 Å². The Morgan fingerprint density at radius 3 is 1.83 bits per heavy atom. The first-order valence-electron chi connectivity index (χ1n) is 3.06. The van der Waals surface area contributed by atoms with Gasteiger partial charge in [0.25, 0.3) is 0 Å². The highest BCUT2D eigenvalue weighted by Crippen LogP contribution is 2.11. The van der Waals surface area contributed by atoms with Gasteiger partial charge in [-0.3, -0.25) is 0 Å².